The molecule has 0 atom stereocenters. The Morgan fingerprint density at radius 3 is 1.34 bits per heavy atom. The van der Waals surface area contributed by atoms with Gasteiger partial charge >= 0.3 is 6.70 Å². The number of hydrogen-bond acceptors (Lipinski definition) is 3. The molecule has 0 N–H and O–H groups in total. The van der Waals surface area contributed by atoms with E-state index >= 15 is 0 Å². The third-order valence-corrected chi connectivity index (χ3v) is 9.00. The highest BCUT2D eigenvalue weighted by atomic mass is 31.1. The zero-order valence-electron chi connectivity index (χ0n) is 26.9. The van der Waals surface area contributed by atoms with Crippen LogP contribution in [0.4, 0.5) is 17.1 Å². The average molecular weight is 564 g/mol. The first kappa shape index (κ1) is 30.9. The molecule has 0 unspecified atom stereocenters. The molecule has 3 aromatic carbocycles. The minimum absolute atomic E-state index is 0.000361. The summed E-state index contributed by atoms with van der Waals surface area (Å²) < 4.78 is 0. The lowest BCUT2D eigenvalue weighted by Gasteiger charge is -2.33. The lowest BCUT2D eigenvalue weighted by atomic mass is 9.87. The molecular formula is C36H47BN3P. The fraction of sp³-hybridized carbons (Fsp3) is 0.417. The third kappa shape index (κ3) is 6.40. The van der Waals surface area contributed by atoms with Crippen LogP contribution < -0.4 is 9.62 Å². The second kappa shape index (κ2) is 12.9. The van der Waals surface area contributed by atoms with Crippen molar-refractivity contribution in [2.45, 2.75) is 99.8 Å². The van der Waals surface area contributed by atoms with E-state index in [9.17, 15) is 0 Å². The van der Waals surface area contributed by atoms with Crippen molar-refractivity contribution in [2.75, 3.05) is 9.62 Å². The van der Waals surface area contributed by atoms with E-state index in [1.165, 1.54) is 50.3 Å². The topological polar surface area (TPSA) is 18.8 Å². The van der Waals surface area contributed by atoms with Gasteiger partial charge in [0.1, 0.15) is 0 Å². The molecule has 0 amide bonds. The Morgan fingerprint density at radius 1 is 0.634 bits per heavy atom. The Bertz CT molecular complexity index is 1350. The molecule has 3 nitrogen and oxygen atoms in total. The van der Waals surface area contributed by atoms with E-state index in [0.717, 1.165) is 13.8 Å². The monoisotopic (exact) mass is 563 g/mol. The Kier molecular flexibility index (Phi) is 9.68. The van der Waals surface area contributed by atoms with Crippen LogP contribution in [0.15, 0.2) is 65.9 Å². The van der Waals surface area contributed by atoms with E-state index < -0.39 is 0 Å². The van der Waals surface area contributed by atoms with Gasteiger partial charge in [-0.2, -0.15) is 0 Å². The van der Waals surface area contributed by atoms with E-state index in [0.29, 0.717) is 23.7 Å². The predicted molar refractivity (Wildman–Crippen MR) is 184 cm³/mol. The highest BCUT2D eigenvalue weighted by Crippen LogP contribution is 2.44. The van der Waals surface area contributed by atoms with Crippen LogP contribution in [0.3, 0.4) is 0 Å². The molecule has 41 heavy (non-hydrogen) atoms. The van der Waals surface area contributed by atoms with Gasteiger partial charge < -0.3 is 9.62 Å². The average Bonchev–Trinajstić information content (AvgIpc) is 3.31. The van der Waals surface area contributed by atoms with Gasteiger partial charge in [-0.05, 0) is 85.9 Å². The number of aliphatic imine (C=N–C) groups is 1. The van der Waals surface area contributed by atoms with Gasteiger partial charge in [-0.25, -0.2) is 4.99 Å². The zero-order valence-corrected chi connectivity index (χ0v) is 27.8. The maximum atomic E-state index is 4.95. The van der Waals surface area contributed by atoms with Gasteiger partial charge in [0, 0.05) is 29.4 Å². The Balaban J connectivity index is 1.96. The van der Waals surface area contributed by atoms with Gasteiger partial charge in [0.2, 0.25) is 0 Å². The number of nitrogens with zero attached hydrogens (tertiary/aromatic N) is 3. The number of hydrogen-bond donors (Lipinski definition) is 0. The van der Waals surface area contributed by atoms with Gasteiger partial charge in [-0.1, -0.05) is 109 Å². The van der Waals surface area contributed by atoms with Crippen LogP contribution in [-0.2, 0) is 0 Å². The van der Waals surface area contributed by atoms with Gasteiger partial charge in [0.05, 0.1) is 5.69 Å². The lowest BCUT2D eigenvalue weighted by Crippen LogP contribution is -2.41. The van der Waals surface area contributed by atoms with Crippen molar-refractivity contribution in [3.8, 4) is 0 Å². The largest absolute Gasteiger partial charge is 0.455 e. The predicted octanol–water partition coefficient (Wildman–Crippen LogP) is 11.1. The highest BCUT2D eigenvalue weighted by Gasteiger charge is 2.38. The molecule has 0 radical (unpaired) electrons. The molecule has 0 fully saturated rings. The Hall–Kier alpha value is -3.06. The summed E-state index contributed by atoms with van der Waals surface area (Å²) in [5, 5.41) is 0. The van der Waals surface area contributed by atoms with Gasteiger partial charge in [-0.15, -0.1) is 0 Å². The molecule has 214 valence electrons. The van der Waals surface area contributed by atoms with Crippen molar-refractivity contribution in [1.82, 2.24) is 0 Å². The summed E-state index contributed by atoms with van der Waals surface area (Å²) in [5.41, 5.74) is 16.4. The fourth-order valence-corrected chi connectivity index (χ4v) is 6.93. The van der Waals surface area contributed by atoms with Crippen LogP contribution in [0.2, 0.25) is 0 Å². The smallest absolute Gasteiger partial charge is 0.362 e. The molecule has 5 heteroatoms. The van der Waals surface area contributed by atoms with Crippen molar-refractivity contribution < 1.29 is 0 Å². The summed E-state index contributed by atoms with van der Waals surface area (Å²) in [4.78, 5) is 9.93. The molecule has 1 aliphatic heterocycles. The van der Waals surface area contributed by atoms with Gasteiger partial charge in [0.15, 0.2) is 0 Å². The molecule has 0 saturated heterocycles. The van der Waals surface area contributed by atoms with Crippen LogP contribution >= 0.6 is 8.08 Å². The van der Waals surface area contributed by atoms with Crippen molar-refractivity contribution in [2.24, 2.45) is 4.99 Å². The molecule has 1 heterocycles. The molecule has 0 saturated carbocycles. The van der Waals surface area contributed by atoms with Crippen molar-refractivity contribution in [3.05, 3.63) is 99.9 Å². The third-order valence-electron chi connectivity index (χ3n) is 8.06. The Morgan fingerprint density at radius 2 is 1.00 bits per heavy atom. The van der Waals surface area contributed by atoms with Crippen LogP contribution in [0.25, 0.3) is 0 Å². The molecule has 0 aliphatic carbocycles. The number of aryl methyl sites for hydroxylation is 3. The van der Waals surface area contributed by atoms with E-state index in [4.69, 9.17) is 4.99 Å². The standard InChI is InChI=1S/C36H47BN3P/c1-23(2)30-14-12-15-31(24(3)4)35(30)39-18-19-40(36-32(25(5)6)16-13-17-33(36)26(7)8)37(39)41-22-38-34-28(10)20-27(9)21-29(34)11/h12-21,23-26H,1-11H3. The maximum absolute atomic E-state index is 4.95. The quantitative estimate of drug-likeness (QED) is 0.154. The molecule has 0 aromatic heterocycles. The van der Waals surface area contributed by atoms with E-state index in [2.05, 4.69) is 152 Å². The second-order valence-corrected chi connectivity index (χ2v) is 13.7. The van der Waals surface area contributed by atoms with Gasteiger partial charge in [0.25, 0.3) is 0 Å². The maximum Gasteiger partial charge on any atom is 0.455 e. The number of rotatable bonds is 8. The number of anilines is 2. The summed E-state index contributed by atoms with van der Waals surface area (Å²) in [6.45, 7) is 24.8. The van der Waals surface area contributed by atoms with E-state index in [-0.39, 0.29) is 6.70 Å². The van der Waals surface area contributed by atoms with Crippen LogP contribution in [-0.4, -0.2) is 12.3 Å². The van der Waals surface area contributed by atoms with Crippen molar-refractivity contribution in [3.63, 3.8) is 0 Å². The first-order valence-corrected chi connectivity index (χ1v) is 16.1. The van der Waals surface area contributed by atoms with E-state index in [1.807, 2.05) is 0 Å². The van der Waals surface area contributed by atoms with Crippen LogP contribution in [0.1, 0.15) is 118 Å². The minimum Gasteiger partial charge on any atom is -0.362 e. The summed E-state index contributed by atoms with van der Waals surface area (Å²) >= 11 is 0. The number of para-hydroxylation sites is 2. The zero-order chi connectivity index (χ0) is 30.0. The molecule has 0 spiro atoms. The van der Waals surface area contributed by atoms with Crippen LogP contribution in [0.5, 0.6) is 0 Å². The summed E-state index contributed by atoms with van der Waals surface area (Å²) in [6, 6.07) is 18.1. The van der Waals surface area contributed by atoms with Crippen LogP contribution in [0, 0.1) is 20.8 Å². The first-order chi connectivity index (χ1) is 19.4. The summed E-state index contributed by atoms with van der Waals surface area (Å²) in [6.07, 6.45) is 4.58. The number of benzene rings is 3. The first-order valence-electron chi connectivity index (χ1n) is 15.2. The van der Waals surface area contributed by atoms with Crippen molar-refractivity contribution >= 4 is 37.4 Å². The second-order valence-electron chi connectivity index (χ2n) is 12.7. The van der Waals surface area contributed by atoms with Crippen molar-refractivity contribution in [1.29, 1.82) is 0 Å². The summed E-state index contributed by atoms with van der Waals surface area (Å²) in [5.74, 6) is 1.64. The molecule has 3 aromatic rings. The fourth-order valence-electron chi connectivity index (χ4n) is 6.04. The molecule has 4 rings (SSSR count). The molecule has 1 aliphatic rings. The molecule has 0 bridgehead atoms. The normalized spacial score (nSPS) is 13.5. The highest BCUT2D eigenvalue weighted by molar-refractivity contribution is 7.76. The lowest BCUT2D eigenvalue weighted by molar-refractivity contribution is 0.832. The summed E-state index contributed by atoms with van der Waals surface area (Å²) in [7, 11) is 1.00. The Labute approximate surface area is 251 Å². The molecular weight excluding hydrogens is 516 g/mol. The van der Waals surface area contributed by atoms with Gasteiger partial charge in [-0.3, -0.25) is 0 Å². The van der Waals surface area contributed by atoms with E-state index in [1.54, 1.807) is 0 Å². The SMILES string of the molecule is Cc1cc(C)c(N=C=PB2N(c3c(C(C)C)cccc3C(C)C)C=CN2c2c(C(C)C)cccc2C(C)C)c(C)c1. The minimum atomic E-state index is -0.000361.